The van der Waals surface area contributed by atoms with E-state index in [9.17, 15) is 33.0 Å². The molecule has 1 amide bonds. The van der Waals surface area contributed by atoms with E-state index in [0.717, 1.165) is 0 Å². The van der Waals surface area contributed by atoms with Crippen molar-refractivity contribution in [2.45, 2.75) is 45.3 Å². The van der Waals surface area contributed by atoms with Crippen molar-refractivity contribution in [2.75, 3.05) is 18.9 Å². The van der Waals surface area contributed by atoms with Crippen LogP contribution in [0.5, 0.6) is 0 Å². The molecule has 0 aliphatic heterocycles. The summed E-state index contributed by atoms with van der Waals surface area (Å²) in [6, 6.07) is 16.6. The Balaban J connectivity index is 2.30. The number of nitrogens with one attached hydrogen (secondary N) is 1. The SMILES string of the molecule is CC(=O)NCCCS(=O)(=O)OC(c1ccccc1)C(C)(C)[C@@](O)(COC(=O)Cc1ccccc1)C(=O)O. The molecule has 0 radical (unpaired) electrons. The highest BCUT2D eigenvalue weighted by atomic mass is 32.2. The smallest absolute Gasteiger partial charge is 0.340 e. The number of carboxylic acids is 1. The fourth-order valence-electron chi connectivity index (χ4n) is 3.67. The van der Waals surface area contributed by atoms with Crippen LogP contribution in [-0.2, 0) is 39.8 Å². The Labute approximate surface area is 216 Å². The summed E-state index contributed by atoms with van der Waals surface area (Å²) >= 11 is 0. The first-order valence-corrected chi connectivity index (χ1v) is 13.2. The van der Waals surface area contributed by atoms with E-state index in [-0.39, 0.29) is 25.3 Å². The van der Waals surface area contributed by atoms with Gasteiger partial charge in [0.1, 0.15) is 12.7 Å². The fourth-order valence-corrected chi connectivity index (χ4v) is 4.91. The first-order valence-electron chi connectivity index (χ1n) is 11.6. The lowest BCUT2D eigenvalue weighted by atomic mass is 9.69. The van der Waals surface area contributed by atoms with Crippen molar-refractivity contribution in [2.24, 2.45) is 5.41 Å². The Hall–Kier alpha value is -3.28. The van der Waals surface area contributed by atoms with E-state index in [4.69, 9.17) is 8.92 Å². The van der Waals surface area contributed by atoms with Gasteiger partial charge in [0, 0.05) is 18.9 Å². The first-order chi connectivity index (χ1) is 17.3. The maximum absolute atomic E-state index is 12.8. The van der Waals surface area contributed by atoms with Crippen LogP contribution in [0, 0.1) is 5.41 Å². The van der Waals surface area contributed by atoms with E-state index in [2.05, 4.69) is 5.32 Å². The number of esters is 1. The number of aliphatic carboxylic acids is 1. The minimum Gasteiger partial charge on any atom is -0.479 e. The number of carbonyl (C=O) groups is 3. The van der Waals surface area contributed by atoms with Crippen molar-refractivity contribution in [1.29, 1.82) is 0 Å². The Morgan fingerprint density at radius 1 is 1.00 bits per heavy atom. The van der Waals surface area contributed by atoms with Gasteiger partial charge in [-0.1, -0.05) is 74.5 Å². The molecule has 0 saturated carbocycles. The molecule has 0 saturated heterocycles. The summed E-state index contributed by atoms with van der Waals surface area (Å²) < 4.78 is 36.3. The Kier molecular flexibility index (Phi) is 10.4. The summed E-state index contributed by atoms with van der Waals surface area (Å²) in [5.74, 6) is -3.23. The fraction of sp³-hybridized carbons (Fsp3) is 0.423. The number of hydrogen-bond acceptors (Lipinski definition) is 8. The molecule has 0 spiro atoms. The van der Waals surface area contributed by atoms with Gasteiger partial charge >= 0.3 is 11.9 Å². The van der Waals surface area contributed by atoms with Gasteiger partial charge in [-0.15, -0.1) is 0 Å². The average Bonchev–Trinajstić information content (AvgIpc) is 2.84. The number of carboxylic acid groups (broad SMARTS) is 1. The van der Waals surface area contributed by atoms with E-state index in [1.807, 2.05) is 0 Å². The van der Waals surface area contributed by atoms with Crippen LogP contribution in [0.2, 0.25) is 0 Å². The Morgan fingerprint density at radius 2 is 1.57 bits per heavy atom. The third-order valence-electron chi connectivity index (χ3n) is 6.00. The minimum absolute atomic E-state index is 0.0597. The normalized spacial score (nSPS) is 14.3. The van der Waals surface area contributed by atoms with Gasteiger partial charge in [-0.05, 0) is 17.5 Å². The highest BCUT2D eigenvalue weighted by Crippen LogP contribution is 2.46. The van der Waals surface area contributed by atoms with Gasteiger partial charge in [0.15, 0.2) is 0 Å². The largest absolute Gasteiger partial charge is 0.479 e. The molecule has 11 heteroatoms. The van der Waals surface area contributed by atoms with E-state index in [1.54, 1.807) is 60.7 Å². The highest BCUT2D eigenvalue weighted by molar-refractivity contribution is 7.86. The number of benzene rings is 2. The molecule has 1 unspecified atom stereocenters. The Bertz CT molecular complexity index is 1170. The van der Waals surface area contributed by atoms with Gasteiger partial charge in [0.05, 0.1) is 12.2 Å². The average molecular weight is 536 g/mol. The second-order valence-corrected chi connectivity index (χ2v) is 10.9. The zero-order valence-corrected chi connectivity index (χ0v) is 21.9. The number of rotatable bonds is 14. The molecule has 0 aliphatic rings. The van der Waals surface area contributed by atoms with Crippen LogP contribution in [-0.4, -0.2) is 61.0 Å². The van der Waals surface area contributed by atoms with Crippen LogP contribution < -0.4 is 5.32 Å². The summed E-state index contributed by atoms with van der Waals surface area (Å²) in [6.07, 6.45) is -1.53. The summed E-state index contributed by atoms with van der Waals surface area (Å²) in [5, 5.41) is 23.8. The van der Waals surface area contributed by atoms with E-state index < -0.39 is 51.5 Å². The van der Waals surface area contributed by atoms with Gasteiger partial charge in [-0.25, -0.2) is 4.79 Å². The minimum atomic E-state index is -4.23. The lowest BCUT2D eigenvalue weighted by molar-refractivity contribution is -0.197. The summed E-state index contributed by atoms with van der Waals surface area (Å²) in [4.78, 5) is 35.8. The van der Waals surface area contributed by atoms with E-state index >= 15 is 0 Å². The molecule has 2 atom stereocenters. The molecule has 10 nitrogen and oxygen atoms in total. The van der Waals surface area contributed by atoms with Crippen LogP contribution >= 0.6 is 0 Å². The lowest BCUT2D eigenvalue weighted by Gasteiger charge is -2.43. The molecule has 202 valence electrons. The predicted molar refractivity (Wildman–Crippen MR) is 135 cm³/mol. The lowest BCUT2D eigenvalue weighted by Crippen LogP contribution is -2.58. The number of amides is 1. The number of ether oxygens (including phenoxy) is 1. The predicted octanol–water partition coefficient (Wildman–Crippen LogP) is 2.23. The molecule has 2 aromatic rings. The monoisotopic (exact) mass is 535 g/mol. The van der Waals surface area contributed by atoms with Gasteiger partial charge < -0.3 is 20.3 Å². The molecule has 37 heavy (non-hydrogen) atoms. The Morgan fingerprint density at radius 3 is 2.11 bits per heavy atom. The number of hydrogen-bond donors (Lipinski definition) is 3. The van der Waals surface area contributed by atoms with Crippen molar-refractivity contribution < 1.29 is 41.9 Å². The van der Waals surface area contributed by atoms with Crippen molar-refractivity contribution in [1.82, 2.24) is 5.32 Å². The van der Waals surface area contributed by atoms with Crippen LogP contribution in [0.1, 0.15) is 44.4 Å². The van der Waals surface area contributed by atoms with Crippen molar-refractivity contribution in [3.63, 3.8) is 0 Å². The molecular weight excluding hydrogens is 502 g/mol. The van der Waals surface area contributed by atoms with Crippen molar-refractivity contribution >= 4 is 28.0 Å². The topological polar surface area (TPSA) is 156 Å². The van der Waals surface area contributed by atoms with Crippen molar-refractivity contribution in [3.05, 3.63) is 71.8 Å². The molecular formula is C26H33NO9S. The highest BCUT2D eigenvalue weighted by Gasteiger charge is 2.57. The maximum atomic E-state index is 12.8. The molecule has 0 bridgehead atoms. The van der Waals surface area contributed by atoms with Gasteiger partial charge in [-0.2, -0.15) is 8.42 Å². The van der Waals surface area contributed by atoms with Crippen LogP contribution in [0.25, 0.3) is 0 Å². The molecule has 0 aliphatic carbocycles. The first kappa shape index (κ1) is 29.9. The van der Waals surface area contributed by atoms with Crippen LogP contribution in [0.15, 0.2) is 60.7 Å². The molecule has 0 heterocycles. The zero-order chi connectivity index (χ0) is 27.7. The third kappa shape index (κ3) is 8.38. The van der Waals surface area contributed by atoms with E-state index in [1.165, 1.54) is 20.8 Å². The third-order valence-corrected chi connectivity index (χ3v) is 7.27. The standard InChI is InChI=1S/C26H33NO9S/c1-19(28)27-15-10-16-37(33,34)36-23(21-13-8-5-9-14-21)25(2,3)26(32,24(30)31)18-35-22(29)17-20-11-6-4-7-12-20/h4-9,11-14,23,32H,10,15-18H2,1-3H3,(H,27,28)(H,30,31)/t23?,26-/m1/s1. The number of aliphatic hydroxyl groups is 1. The summed E-state index contributed by atoms with van der Waals surface area (Å²) in [5.41, 5.74) is -3.58. The second-order valence-electron chi connectivity index (χ2n) is 9.20. The second kappa shape index (κ2) is 12.8. The van der Waals surface area contributed by atoms with Crippen LogP contribution in [0.4, 0.5) is 0 Å². The molecule has 2 aromatic carbocycles. The maximum Gasteiger partial charge on any atom is 0.340 e. The summed E-state index contributed by atoms with van der Waals surface area (Å²) in [7, 11) is -4.23. The van der Waals surface area contributed by atoms with Gasteiger partial charge in [-0.3, -0.25) is 13.8 Å². The van der Waals surface area contributed by atoms with Crippen molar-refractivity contribution in [3.8, 4) is 0 Å². The summed E-state index contributed by atoms with van der Waals surface area (Å²) in [6.45, 7) is 3.13. The van der Waals surface area contributed by atoms with Gasteiger partial charge in [0.25, 0.3) is 10.1 Å². The van der Waals surface area contributed by atoms with Crippen LogP contribution in [0.3, 0.4) is 0 Å². The van der Waals surface area contributed by atoms with Gasteiger partial charge in [0.2, 0.25) is 11.5 Å². The molecule has 0 aromatic heterocycles. The number of carbonyl (C=O) groups excluding carboxylic acids is 2. The quantitative estimate of drug-likeness (QED) is 0.187. The zero-order valence-electron chi connectivity index (χ0n) is 21.0. The molecule has 2 rings (SSSR count). The molecule has 3 N–H and O–H groups in total. The molecule has 0 fully saturated rings. The van der Waals surface area contributed by atoms with E-state index in [0.29, 0.717) is 11.1 Å².